The second-order valence-corrected chi connectivity index (χ2v) is 4.67. The number of fused-ring (bicyclic) bond motifs is 1. The minimum absolute atomic E-state index is 0.343. The third-order valence-electron chi connectivity index (χ3n) is 3.43. The van der Waals surface area contributed by atoms with Gasteiger partial charge in [0.2, 0.25) is 0 Å². The lowest BCUT2D eigenvalue weighted by Gasteiger charge is -2.31. The first-order valence-corrected chi connectivity index (χ1v) is 6.35. The standard InChI is InChI=1S/C16H16O3/c1-18-14-9-5-8-12-10-13(17)15(19-16(12)14)11-6-3-2-4-7-11/h2-9,13,15,17H,10H2,1H3/t13-,15+/m0/s1. The molecular formula is C16H16O3. The average molecular weight is 256 g/mol. The van der Waals surface area contributed by atoms with E-state index in [4.69, 9.17) is 9.47 Å². The molecule has 1 aliphatic heterocycles. The Labute approximate surface area is 112 Å². The van der Waals surface area contributed by atoms with Crippen LogP contribution in [0.3, 0.4) is 0 Å². The normalized spacial score (nSPS) is 21.4. The van der Waals surface area contributed by atoms with Crippen molar-refractivity contribution in [3.63, 3.8) is 0 Å². The summed E-state index contributed by atoms with van der Waals surface area (Å²) in [6, 6.07) is 15.5. The second kappa shape index (κ2) is 4.94. The highest BCUT2D eigenvalue weighted by atomic mass is 16.5. The van der Waals surface area contributed by atoms with E-state index in [1.165, 1.54) is 0 Å². The topological polar surface area (TPSA) is 38.7 Å². The van der Waals surface area contributed by atoms with Crippen molar-refractivity contribution >= 4 is 0 Å². The van der Waals surface area contributed by atoms with Gasteiger partial charge in [-0.1, -0.05) is 42.5 Å². The number of aliphatic hydroxyl groups is 1. The first-order chi connectivity index (χ1) is 9.29. The van der Waals surface area contributed by atoms with Gasteiger partial charge < -0.3 is 14.6 Å². The molecule has 1 heterocycles. The van der Waals surface area contributed by atoms with Crippen molar-refractivity contribution in [2.24, 2.45) is 0 Å². The highest BCUT2D eigenvalue weighted by Gasteiger charge is 2.31. The smallest absolute Gasteiger partial charge is 0.165 e. The molecule has 98 valence electrons. The summed E-state index contributed by atoms with van der Waals surface area (Å²) in [4.78, 5) is 0. The van der Waals surface area contributed by atoms with Crippen LogP contribution in [0.15, 0.2) is 48.5 Å². The van der Waals surface area contributed by atoms with Gasteiger partial charge in [-0.2, -0.15) is 0 Å². The molecule has 1 aliphatic rings. The van der Waals surface area contributed by atoms with Gasteiger partial charge in [0.1, 0.15) is 0 Å². The Hall–Kier alpha value is -2.00. The van der Waals surface area contributed by atoms with Gasteiger partial charge in [-0.05, 0) is 11.6 Å². The third-order valence-corrected chi connectivity index (χ3v) is 3.43. The highest BCUT2D eigenvalue weighted by molar-refractivity contribution is 5.49. The van der Waals surface area contributed by atoms with Gasteiger partial charge in [0.05, 0.1) is 13.2 Å². The second-order valence-electron chi connectivity index (χ2n) is 4.67. The van der Waals surface area contributed by atoms with Crippen LogP contribution < -0.4 is 9.47 Å². The number of methoxy groups -OCH3 is 1. The molecule has 0 spiro atoms. The third kappa shape index (κ3) is 2.17. The Morgan fingerprint density at radius 3 is 2.63 bits per heavy atom. The molecule has 0 saturated carbocycles. The van der Waals surface area contributed by atoms with Crippen molar-refractivity contribution in [2.45, 2.75) is 18.6 Å². The predicted molar refractivity (Wildman–Crippen MR) is 72.5 cm³/mol. The fraction of sp³-hybridized carbons (Fsp3) is 0.250. The molecular weight excluding hydrogens is 240 g/mol. The molecule has 2 aromatic carbocycles. The summed E-state index contributed by atoms with van der Waals surface area (Å²) >= 11 is 0. The van der Waals surface area contributed by atoms with Crippen LogP contribution in [0, 0.1) is 0 Å². The molecule has 3 heteroatoms. The minimum Gasteiger partial charge on any atom is -0.493 e. The Bertz CT molecular complexity index is 565. The molecule has 1 N–H and O–H groups in total. The lowest BCUT2D eigenvalue weighted by atomic mass is 9.94. The van der Waals surface area contributed by atoms with Crippen molar-refractivity contribution in [3.8, 4) is 11.5 Å². The maximum atomic E-state index is 10.3. The van der Waals surface area contributed by atoms with Crippen LogP contribution in [-0.4, -0.2) is 18.3 Å². The Kier molecular flexibility index (Phi) is 3.13. The summed E-state index contributed by atoms with van der Waals surface area (Å²) in [5.74, 6) is 1.45. The van der Waals surface area contributed by atoms with Gasteiger partial charge in [0.25, 0.3) is 0 Å². The van der Waals surface area contributed by atoms with Gasteiger partial charge in [0.15, 0.2) is 17.6 Å². The monoisotopic (exact) mass is 256 g/mol. The van der Waals surface area contributed by atoms with Gasteiger partial charge in [-0.3, -0.25) is 0 Å². The highest BCUT2D eigenvalue weighted by Crippen LogP contribution is 2.40. The lowest BCUT2D eigenvalue weighted by molar-refractivity contribution is 0.0190. The summed E-state index contributed by atoms with van der Waals surface area (Å²) in [6.45, 7) is 0. The average Bonchev–Trinajstić information content (AvgIpc) is 2.46. The zero-order valence-corrected chi connectivity index (χ0v) is 10.7. The quantitative estimate of drug-likeness (QED) is 0.898. The van der Waals surface area contributed by atoms with E-state index >= 15 is 0 Å². The molecule has 0 bridgehead atoms. The molecule has 0 radical (unpaired) electrons. The van der Waals surface area contributed by atoms with E-state index < -0.39 is 6.10 Å². The maximum absolute atomic E-state index is 10.3. The number of rotatable bonds is 2. The molecule has 0 unspecified atom stereocenters. The molecule has 0 aromatic heterocycles. The van der Waals surface area contributed by atoms with E-state index in [1.807, 2.05) is 48.5 Å². The molecule has 0 fully saturated rings. The van der Waals surface area contributed by atoms with Crippen LogP contribution >= 0.6 is 0 Å². The number of benzene rings is 2. The van der Waals surface area contributed by atoms with E-state index in [1.54, 1.807) is 7.11 Å². The van der Waals surface area contributed by atoms with Gasteiger partial charge >= 0.3 is 0 Å². The SMILES string of the molecule is COc1cccc2c1O[C@H](c1ccccc1)[C@@H](O)C2. The molecule has 0 amide bonds. The summed E-state index contributed by atoms with van der Waals surface area (Å²) < 4.78 is 11.3. The fourth-order valence-electron chi connectivity index (χ4n) is 2.49. The zero-order valence-electron chi connectivity index (χ0n) is 10.7. The molecule has 19 heavy (non-hydrogen) atoms. The number of hydrogen-bond donors (Lipinski definition) is 1. The molecule has 0 aliphatic carbocycles. The van der Waals surface area contributed by atoms with Crippen molar-refractivity contribution in [3.05, 3.63) is 59.7 Å². The van der Waals surface area contributed by atoms with Crippen LogP contribution in [0.25, 0.3) is 0 Å². The van der Waals surface area contributed by atoms with E-state index in [9.17, 15) is 5.11 Å². The van der Waals surface area contributed by atoms with Crippen LogP contribution in [0.2, 0.25) is 0 Å². The van der Waals surface area contributed by atoms with Crippen LogP contribution in [-0.2, 0) is 6.42 Å². The van der Waals surface area contributed by atoms with Crippen molar-refractivity contribution in [2.75, 3.05) is 7.11 Å². The Balaban J connectivity index is 1.99. The molecule has 3 nitrogen and oxygen atoms in total. The molecule has 2 atom stereocenters. The van der Waals surface area contributed by atoms with Crippen LogP contribution in [0.1, 0.15) is 17.2 Å². The van der Waals surface area contributed by atoms with E-state index in [-0.39, 0.29) is 6.10 Å². The molecule has 2 aromatic rings. The van der Waals surface area contributed by atoms with Crippen LogP contribution in [0.5, 0.6) is 11.5 Å². The first kappa shape index (κ1) is 12.1. The minimum atomic E-state index is -0.540. The summed E-state index contributed by atoms with van der Waals surface area (Å²) in [6.07, 6.45) is -0.307. The zero-order chi connectivity index (χ0) is 13.2. The largest absolute Gasteiger partial charge is 0.493 e. The van der Waals surface area contributed by atoms with E-state index in [0.717, 1.165) is 16.9 Å². The summed E-state index contributed by atoms with van der Waals surface area (Å²) in [5.41, 5.74) is 1.96. The fourth-order valence-corrected chi connectivity index (χ4v) is 2.49. The van der Waals surface area contributed by atoms with Crippen molar-refractivity contribution < 1.29 is 14.6 Å². The van der Waals surface area contributed by atoms with E-state index in [0.29, 0.717) is 12.2 Å². The van der Waals surface area contributed by atoms with Gasteiger partial charge in [0, 0.05) is 12.0 Å². The Morgan fingerprint density at radius 2 is 1.89 bits per heavy atom. The number of aliphatic hydroxyl groups excluding tert-OH is 1. The van der Waals surface area contributed by atoms with Crippen molar-refractivity contribution in [1.29, 1.82) is 0 Å². The van der Waals surface area contributed by atoms with Crippen molar-refractivity contribution in [1.82, 2.24) is 0 Å². The summed E-state index contributed by atoms with van der Waals surface area (Å²) in [7, 11) is 1.63. The predicted octanol–water partition coefficient (Wildman–Crippen LogP) is 2.73. The first-order valence-electron chi connectivity index (χ1n) is 6.35. The lowest BCUT2D eigenvalue weighted by Crippen LogP contribution is -2.30. The van der Waals surface area contributed by atoms with Crippen LogP contribution in [0.4, 0.5) is 0 Å². The van der Waals surface area contributed by atoms with Gasteiger partial charge in [-0.15, -0.1) is 0 Å². The maximum Gasteiger partial charge on any atom is 0.165 e. The summed E-state index contributed by atoms with van der Waals surface area (Å²) in [5, 5.41) is 10.3. The molecule has 0 saturated heterocycles. The number of hydrogen-bond acceptors (Lipinski definition) is 3. The van der Waals surface area contributed by atoms with Gasteiger partial charge in [-0.25, -0.2) is 0 Å². The number of para-hydroxylation sites is 1. The van der Waals surface area contributed by atoms with E-state index in [2.05, 4.69) is 0 Å². The molecule has 3 rings (SSSR count). The number of ether oxygens (including phenoxy) is 2. The Morgan fingerprint density at radius 1 is 1.11 bits per heavy atom.